The number of hydrogen-bond donors (Lipinski definition) is 1. The molecule has 0 aromatic heterocycles. The van der Waals surface area contributed by atoms with Gasteiger partial charge in [0.25, 0.3) is 0 Å². The summed E-state index contributed by atoms with van der Waals surface area (Å²) >= 11 is 3.66. The molecule has 0 heterocycles. The van der Waals surface area contributed by atoms with E-state index in [4.69, 9.17) is 4.74 Å². The first-order chi connectivity index (χ1) is 9.84. The van der Waals surface area contributed by atoms with Crippen LogP contribution in [-0.4, -0.2) is 19.3 Å². The number of nitrogens with one attached hydrogen (secondary N) is 1. The van der Waals surface area contributed by atoms with Crippen molar-refractivity contribution in [1.82, 2.24) is 5.32 Å². The lowest BCUT2D eigenvalue weighted by Gasteiger charge is -2.22. The maximum absolute atomic E-state index is 5.98. The number of hydrogen-bond acceptors (Lipinski definition) is 2. The van der Waals surface area contributed by atoms with Crippen LogP contribution in [0, 0.1) is 0 Å². The number of rotatable bonds is 5. The Bertz CT molecular complexity index is 443. The Morgan fingerprint density at radius 2 is 2.00 bits per heavy atom. The Balaban J connectivity index is 1.43. The molecule has 0 radical (unpaired) electrons. The number of halogens is 1. The van der Waals surface area contributed by atoms with Gasteiger partial charge in [0.2, 0.25) is 0 Å². The molecule has 20 heavy (non-hydrogen) atoms. The van der Waals surface area contributed by atoms with E-state index in [9.17, 15) is 0 Å². The van der Waals surface area contributed by atoms with Crippen LogP contribution in [0.2, 0.25) is 0 Å². The van der Waals surface area contributed by atoms with Crippen molar-refractivity contribution in [1.29, 1.82) is 0 Å². The second kappa shape index (κ2) is 7.06. The summed E-state index contributed by atoms with van der Waals surface area (Å²) in [6.07, 6.45) is 9.53. The third-order valence-corrected chi connectivity index (χ3v) is 5.36. The summed E-state index contributed by atoms with van der Waals surface area (Å²) in [6.45, 7) is 1.82. The van der Waals surface area contributed by atoms with Crippen molar-refractivity contribution in [2.45, 2.75) is 57.1 Å². The molecule has 1 atom stereocenters. The van der Waals surface area contributed by atoms with Crippen molar-refractivity contribution in [3.63, 3.8) is 0 Å². The molecular weight excluding hydrogens is 314 g/mol. The molecule has 1 fully saturated rings. The van der Waals surface area contributed by atoms with E-state index in [-0.39, 0.29) is 0 Å². The van der Waals surface area contributed by atoms with E-state index >= 15 is 0 Å². The third kappa shape index (κ3) is 3.44. The average molecular weight is 338 g/mol. The van der Waals surface area contributed by atoms with Crippen LogP contribution in [0.25, 0.3) is 0 Å². The fraction of sp³-hybridized carbons (Fsp3) is 0.647. The molecule has 1 saturated carbocycles. The fourth-order valence-electron chi connectivity index (χ4n) is 3.51. The molecule has 2 nitrogen and oxygen atoms in total. The molecule has 0 saturated heterocycles. The summed E-state index contributed by atoms with van der Waals surface area (Å²) in [6, 6.07) is 7.05. The second-order valence-electron chi connectivity index (χ2n) is 5.98. The van der Waals surface area contributed by atoms with E-state index in [1.165, 1.54) is 60.5 Å². The molecule has 0 aliphatic heterocycles. The lowest BCUT2D eigenvalue weighted by Crippen LogP contribution is -2.26. The quantitative estimate of drug-likeness (QED) is 0.805. The van der Waals surface area contributed by atoms with Crippen LogP contribution in [0.15, 0.2) is 22.7 Å². The molecule has 3 heteroatoms. The van der Waals surface area contributed by atoms with E-state index in [0.29, 0.717) is 12.1 Å². The SMILES string of the molecule is Brc1cccc2c1CCC2NCCOC1CCCCC1. The molecule has 1 N–H and O–H groups in total. The summed E-state index contributed by atoms with van der Waals surface area (Å²) in [5, 5.41) is 3.66. The van der Waals surface area contributed by atoms with Crippen molar-refractivity contribution in [2.75, 3.05) is 13.2 Å². The maximum Gasteiger partial charge on any atom is 0.0594 e. The van der Waals surface area contributed by atoms with Gasteiger partial charge in [-0.05, 0) is 42.9 Å². The first kappa shape index (κ1) is 14.6. The second-order valence-corrected chi connectivity index (χ2v) is 6.84. The van der Waals surface area contributed by atoms with Gasteiger partial charge < -0.3 is 10.1 Å². The fourth-order valence-corrected chi connectivity index (χ4v) is 4.09. The van der Waals surface area contributed by atoms with Crippen molar-refractivity contribution >= 4 is 15.9 Å². The highest BCUT2D eigenvalue weighted by atomic mass is 79.9. The Morgan fingerprint density at radius 3 is 2.85 bits per heavy atom. The van der Waals surface area contributed by atoms with E-state index in [0.717, 1.165) is 13.2 Å². The van der Waals surface area contributed by atoms with Gasteiger partial charge in [0.15, 0.2) is 0 Å². The van der Waals surface area contributed by atoms with Gasteiger partial charge in [-0.2, -0.15) is 0 Å². The van der Waals surface area contributed by atoms with Gasteiger partial charge in [0.1, 0.15) is 0 Å². The topological polar surface area (TPSA) is 21.3 Å². The van der Waals surface area contributed by atoms with Gasteiger partial charge in [0.05, 0.1) is 12.7 Å². The standard InChI is InChI=1S/C17H24BrNO/c18-16-8-4-7-15-14(16)9-10-17(15)19-11-12-20-13-5-2-1-3-6-13/h4,7-8,13,17,19H,1-3,5-6,9-12H2. The highest BCUT2D eigenvalue weighted by Gasteiger charge is 2.23. The van der Waals surface area contributed by atoms with Gasteiger partial charge in [0, 0.05) is 17.1 Å². The predicted octanol–water partition coefficient (Wildman–Crippen LogP) is 4.38. The van der Waals surface area contributed by atoms with E-state index in [1.807, 2.05) is 0 Å². The maximum atomic E-state index is 5.98. The zero-order chi connectivity index (χ0) is 13.8. The minimum Gasteiger partial charge on any atom is -0.377 e. The van der Waals surface area contributed by atoms with Gasteiger partial charge in [-0.25, -0.2) is 0 Å². The van der Waals surface area contributed by atoms with Crippen molar-refractivity contribution in [3.8, 4) is 0 Å². The van der Waals surface area contributed by atoms with Gasteiger partial charge >= 0.3 is 0 Å². The molecule has 2 aliphatic rings. The average Bonchev–Trinajstić information content (AvgIpc) is 2.90. The zero-order valence-electron chi connectivity index (χ0n) is 12.0. The van der Waals surface area contributed by atoms with Crippen LogP contribution in [0.3, 0.4) is 0 Å². The molecule has 1 unspecified atom stereocenters. The lowest BCUT2D eigenvalue weighted by molar-refractivity contribution is 0.0294. The third-order valence-electron chi connectivity index (χ3n) is 4.61. The van der Waals surface area contributed by atoms with Crippen LogP contribution in [0.4, 0.5) is 0 Å². The number of ether oxygens (including phenoxy) is 1. The number of benzene rings is 1. The first-order valence-electron chi connectivity index (χ1n) is 7.97. The Hall–Kier alpha value is -0.380. The largest absolute Gasteiger partial charge is 0.377 e. The normalized spacial score (nSPS) is 22.9. The molecule has 0 bridgehead atoms. The van der Waals surface area contributed by atoms with E-state index in [1.54, 1.807) is 0 Å². The van der Waals surface area contributed by atoms with Crippen molar-refractivity contribution < 1.29 is 4.74 Å². The van der Waals surface area contributed by atoms with Crippen LogP contribution in [0.5, 0.6) is 0 Å². The van der Waals surface area contributed by atoms with Crippen LogP contribution in [0.1, 0.15) is 55.7 Å². The summed E-state index contributed by atoms with van der Waals surface area (Å²) in [4.78, 5) is 0. The van der Waals surface area contributed by atoms with Crippen LogP contribution >= 0.6 is 15.9 Å². The lowest BCUT2D eigenvalue weighted by atomic mass is 9.98. The molecule has 0 spiro atoms. The highest BCUT2D eigenvalue weighted by Crippen LogP contribution is 2.35. The summed E-state index contributed by atoms with van der Waals surface area (Å²) in [5.41, 5.74) is 2.95. The molecule has 110 valence electrons. The summed E-state index contributed by atoms with van der Waals surface area (Å²) in [7, 11) is 0. The van der Waals surface area contributed by atoms with E-state index in [2.05, 4.69) is 39.4 Å². The Kier molecular flexibility index (Phi) is 5.14. The molecule has 1 aromatic rings. The molecule has 2 aliphatic carbocycles. The summed E-state index contributed by atoms with van der Waals surface area (Å²) in [5.74, 6) is 0. The monoisotopic (exact) mass is 337 g/mol. The smallest absolute Gasteiger partial charge is 0.0594 e. The molecule has 0 amide bonds. The minimum atomic E-state index is 0.512. The van der Waals surface area contributed by atoms with Crippen LogP contribution in [-0.2, 0) is 11.2 Å². The predicted molar refractivity (Wildman–Crippen MR) is 86.0 cm³/mol. The minimum absolute atomic E-state index is 0.512. The molecular formula is C17H24BrNO. The Morgan fingerprint density at radius 1 is 1.15 bits per heavy atom. The van der Waals surface area contributed by atoms with Crippen molar-refractivity contribution in [2.24, 2.45) is 0 Å². The van der Waals surface area contributed by atoms with Gasteiger partial charge in [-0.15, -0.1) is 0 Å². The van der Waals surface area contributed by atoms with E-state index < -0.39 is 0 Å². The van der Waals surface area contributed by atoms with Gasteiger partial charge in [-0.1, -0.05) is 47.3 Å². The highest BCUT2D eigenvalue weighted by molar-refractivity contribution is 9.10. The first-order valence-corrected chi connectivity index (χ1v) is 8.76. The molecule has 3 rings (SSSR count). The van der Waals surface area contributed by atoms with Crippen LogP contribution < -0.4 is 5.32 Å². The van der Waals surface area contributed by atoms with Crippen molar-refractivity contribution in [3.05, 3.63) is 33.8 Å². The molecule has 1 aromatic carbocycles. The van der Waals surface area contributed by atoms with Gasteiger partial charge in [-0.3, -0.25) is 0 Å². The zero-order valence-corrected chi connectivity index (χ0v) is 13.6. The Labute approximate surface area is 130 Å². The summed E-state index contributed by atoms with van der Waals surface area (Å²) < 4.78 is 7.24. The number of fused-ring (bicyclic) bond motifs is 1.